The van der Waals surface area contributed by atoms with E-state index >= 15 is 0 Å². The van der Waals surface area contributed by atoms with Crippen molar-refractivity contribution in [2.75, 3.05) is 16.0 Å². The normalized spacial score (nSPS) is 12.2. The summed E-state index contributed by atoms with van der Waals surface area (Å²) in [5, 5.41) is 9.51. The number of halogens is 1. The highest BCUT2D eigenvalue weighted by Gasteiger charge is 2.21. The number of amides is 2. The summed E-state index contributed by atoms with van der Waals surface area (Å²) in [6, 6.07) is 12.2. The monoisotopic (exact) mass is 387 g/mol. The Bertz CT molecular complexity index is 826. The van der Waals surface area contributed by atoms with Crippen molar-refractivity contribution in [3.63, 3.8) is 0 Å². The lowest BCUT2D eigenvalue weighted by Crippen LogP contribution is -2.32. The summed E-state index contributed by atoms with van der Waals surface area (Å²) in [5.41, 5.74) is 2.57. The van der Waals surface area contributed by atoms with Gasteiger partial charge in [0.25, 0.3) is 0 Å². The van der Waals surface area contributed by atoms with E-state index in [0.29, 0.717) is 16.4 Å². The molecular weight excluding hydrogens is 362 g/mol. The van der Waals surface area contributed by atoms with E-state index in [1.54, 1.807) is 31.2 Å². The quantitative estimate of drug-likeness (QED) is 0.670. The van der Waals surface area contributed by atoms with E-state index in [1.165, 1.54) is 0 Å². The highest BCUT2D eigenvalue weighted by molar-refractivity contribution is 6.31. The Morgan fingerprint density at radius 2 is 1.56 bits per heavy atom. The predicted molar refractivity (Wildman–Crippen MR) is 112 cm³/mol. The van der Waals surface area contributed by atoms with Gasteiger partial charge in [0.15, 0.2) is 0 Å². The summed E-state index contributed by atoms with van der Waals surface area (Å²) in [7, 11) is 0. The second-order valence-electron chi connectivity index (χ2n) is 7.55. The molecule has 0 fully saturated rings. The standard InChI is InChI=1S/C21H26ClN3O2/c1-13-17(22)7-6-8-18(13)25-19(26)14(2)23-15-9-11-16(12-10-15)24-20(27)21(3,4)5/h6-12,14,23H,1-5H3,(H,24,27)(H,25,26). The minimum absolute atomic E-state index is 0.0483. The zero-order valence-electron chi connectivity index (χ0n) is 16.3. The Kier molecular flexibility index (Phi) is 6.50. The van der Waals surface area contributed by atoms with E-state index in [2.05, 4.69) is 16.0 Å². The lowest BCUT2D eigenvalue weighted by atomic mass is 9.95. The van der Waals surface area contributed by atoms with Crippen LogP contribution in [0.1, 0.15) is 33.3 Å². The van der Waals surface area contributed by atoms with Crippen LogP contribution in [0.2, 0.25) is 5.02 Å². The van der Waals surface area contributed by atoms with Gasteiger partial charge in [-0.1, -0.05) is 38.4 Å². The fraction of sp³-hybridized carbons (Fsp3) is 0.333. The van der Waals surface area contributed by atoms with Gasteiger partial charge >= 0.3 is 0 Å². The Hall–Kier alpha value is -2.53. The van der Waals surface area contributed by atoms with Crippen LogP contribution < -0.4 is 16.0 Å². The molecule has 0 spiro atoms. The number of nitrogens with one attached hydrogen (secondary N) is 3. The molecule has 0 radical (unpaired) electrons. The molecule has 1 unspecified atom stereocenters. The average molecular weight is 388 g/mol. The van der Waals surface area contributed by atoms with Gasteiger partial charge in [-0.2, -0.15) is 0 Å². The molecule has 2 aromatic carbocycles. The zero-order valence-corrected chi connectivity index (χ0v) is 17.1. The van der Waals surface area contributed by atoms with Crippen molar-refractivity contribution in [1.82, 2.24) is 0 Å². The maximum absolute atomic E-state index is 12.4. The Morgan fingerprint density at radius 3 is 2.15 bits per heavy atom. The molecule has 0 aliphatic rings. The van der Waals surface area contributed by atoms with Crippen molar-refractivity contribution in [2.45, 2.75) is 40.7 Å². The first-order chi connectivity index (χ1) is 12.6. The topological polar surface area (TPSA) is 70.2 Å². The van der Waals surface area contributed by atoms with E-state index in [9.17, 15) is 9.59 Å². The minimum atomic E-state index is -0.456. The van der Waals surface area contributed by atoms with Gasteiger partial charge in [0.2, 0.25) is 11.8 Å². The lowest BCUT2D eigenvalue weighted by molar-refractivity contribution is -0.123. The van der Waals surface area contributed by atoms with E-state index < -0.39 is 11.5 Å². The maximum Gasteiger partial charge on any atom is 0.246 e. The second kappa shape index (κ2) is 8.44. The van der Waals surface area contributed by atoms with E-state index in [1.807, 2.05) is 45.9 Å². The second-order valence-corrected chi connectivity index (χ2v) is 7.96. The summed E-state index contributed by atoms with van der Waals surface area (Å²) in [6.45, 7) is 9.23. The van der Waals surface area contributed by atoms with E-state index in [-0.39, 0.29) is 11.8 Å². The highest BCUT2D eigenvalue weighted by Crippen LogP contribution is 2.23. The molecule has 2 amide bonds. The smallest absolute Gasteiger partial charge is 0.246 e. The third-order valence-electron chi connectivity index (χ3n) is 4.13. The van der Waals surface area contributed by atoms with Gasteiger partial charge in [-0.3, -0.25) is 9.59 Å². The van der Waals surface area contributed by atoms with Crippen molar-refractivity contribution < 1.29 is 9.59 Å². The number of rotatable bonds is 5. The number of carbonyl (C=O) groups is 2. The Morgan fingerprint density at radius 1 is 0.963 bits per heavy atom. The molecule has 6 heteroatoms. The average Bonchev–Trinajstić information content (AvgIpc) is 2.59. The van der Waals surface area contributed by atoms with Crippen LogP contribution in [0, 0.1) is 12.3 Å². The first kappa shape index (κ1) is 20.8. The van der Waals surface area contributed by atoms with Crippen LogP contribution in [-0.2, 0) is 9.59 Å². The van der Waals surface area contributed by atoms with Crippen molar-refractivity contribution in [3.05, 3.63) is 53.1 Å². The van der Waals surface area contributed by atoms with Crippen LogP contribution in [0.5, 0.6) is 0 Å². The van der Waals surface area contributed by atoms with Crippen LogP contribution in [0.15, 0.2) is 42.5 Å². The van der Waals surface area contributed by atoms with Crippen molar-refractivity contribution in [1.29, 1.82) is 0 Å². The van der Waals surface area contributed by atoms with Gasteiger partial charge in [0.1, 0.15) is 6.04 Å². The largest absolute Gasteiger partial charge is 0.374 e. The van der Waals surface area contributed by atoms with Crippen LogP contribution >= 0.6 is 11.6 Å². The molecule has 0 aromatic heterocycles. The maximum atomic E-state index is 12.4. The van der Waals surface area contributed by atoms with Crippen molar-refractivity contribution in [3.8, 4) is 0 Å². The van der Waals surface area contributed by atoms with Crippen LogP contribution in [0.25, 0.3) is 0 Å². The third kappa shape index (κ3) is 5.73. The fourth-order valence-electron chi connectivity index (χ4n) is 2.27. The summed E-state index contributed by atoms with van der Waals surface area (Å²) in [6.07, 6.45) is 0. The molecule has 1 atom stereocenters. The number of hydrogen-bond acceptors (Lipinski definition) is 3. The molecule has 0 heterocycles. The number of anilines is 3. The van der Waals surface area contributed by atoms with Crippen molar-refractivity contribution >= 4 is 40.5 Å². The molecule has 144 valence electrons. The first-order valence-corrected chi connectivity index (χ1v) is 9.20. The molecular formula is C21H26ClN3O2. The first-order valence-electron chi connectivity index (χ1n) is 8.82. The SMILES string of the molecule is Cc1c(Cl)cccc1NC(=O)C(C)Nc1ccc(NC(=O)C(C)(C)C)cc1. The summed E-state index contributed by atoms with van der Waals surface area (Å²) in [5.74, 6) is -0.210. The van der Waals surface area contributed by atoms with Gasteiger partial charge in [-0.05, 0) is 55.8 Å². The van der Waals surface area contributed by atoms with Gasteiger partial charge < -0.3 is 16.0 Å². The molecule has 2 aromatic rings. The molecule has 0 bridgehead atoms. The molecule has 0 aliphatic carbocycles. The van der Waals surface area contributed by atoms with Crippen molar-refractivity contribution in [2.24, 2.45) is 5.41 Å². The molecule has 2 rings (SSSR count). The predicted octanol–water partition coefficient (Wildman–Crippen LogP) is 5.07. The van der Waals surface area contributed by atoms with Gasteiger partial charge in [-0.25, -0.2) is 0 Å². The summed E-state index contributed by atoms with van der Waals surface area (Å²) < 4.78 is 0. The van der Waals surface area contributed by atoms with E-state index in [0.717, 1.165) is 11.3 Å². The molecule has 3 N–H and O–H groups in total. The van der Waals surface area contributed by atoms with E-state index in [4.69, 9.17) is 11.6 Å². The molecule has 0 saturated heterocycles. The molecule has 0 saturated carbocycles. The van der Waals surface area contributed by atoms with Gasteiger partial charge in [0, 0.05) is 27.5 Å². The van der Waals surface area contributed by atoms with Crippen LogP contribution in [-0.4, -0.2) is 17.9 Å². The lowest BCUT2D eigenvalue weighted by Gasteiger charge is -2.19. The number of benzene rings is 2. The summed E-state index contributed by atoms with van der Waals surface area (Å²) in [4.78, 5) is 24.5. The zero-order chi connectivity index (χ0) is 20.2. The Balaban J connectivity index is 1.97. The van der Waals surface area contributed by atoms with Crippen LogP contribution in [0.4, 0.5) is 17.1 Å². The minimum Gasteiger partial charge on any atom is -0.374 e. The van der Waals surface area contributed by atoms with Gasteiger partial charge in [0.05, 0.1) is 0 Å². The summed E-state index contributed by atoms with van der Waals surface area (Å²) >= 11 is 6.09. The number of hydrogen-bond donors (Lipinski definition) is 3. The molecule has 5 nitrogen and oxygen atoms in total. The molecule has 27 heavy (non-hydrogen) atoms. The van der Waals surface area contributed by atoms with Gasteiger partial charge in [-0.15, -0.1) is 0 Å². The number of carbonyl (C=O) groups excluding carboxylic acids is 2. The highest BCUT2D eigenvalue weighted by atomic mass is 35.5. The molecule has 0 aliphatic heterocycles. The Labute approximate surface area is 165 Å². The fourth-order valence-corrected chi connectivity index (χ4v) is 2.44. The third-order valence-corrected chi connectivity index (χ3v) is 4.54. The van der Waals surface area contributed by atoms with Crippen LogP contribution in [0.3, 0.4) is 0 Å².